The number of hydrogen-bond donors (Lipinski definition) is 1. The third-order valence-electron chi connectivity index (χ3n) is 3.17. The highest BCUT2D eigenvalue weighted by Gasteiger charge is 2.24. The SMILES string of the molecule is C=CCCCN(C)C(=NC)NCC(OC)C(C)(C)C.I. The van der Waals surface area contributed by atoms with Crippen LogP contribution in [-0.4, -0.2) is 51.3 Å². The quantitative estimate of drug-likeness (QED) is 0.236. The van der Waals surface area contributed by atoms with Crippen LogP contribution in [0.15, 0.2) is 17.6 Å². The van der Waals surface area contributed by atoms with Crippen LogP contribution in [0.1, 0.15) is 33.6 Å². The highest BCUT2D eigenvalue weighted by molar-refractivity contribution is 14.0. The lowest BCUT2D eigenvalue weighted by Crippen LogP contribution is -2.46. The maximum atomic E-state index is 5.54. The summed E-state index contributed by atoms with van der Waals surface area (Å²) in [7, 11) is 5.62. The molecule has 0 radical (unpaired) electrons. The van der Waals surface area contributed by atoms with E-state index >= 15 is 0 Å². The first-order valence-electron chi connectivity index (χ1n) is 6.92. The summed E-state index contributed by atoms with van der Waals surface area (Å²) in [4.78, 5) is 6.44. The molecule has 0 saturated carbocycles. The minimum Gasteiger partial charge on any atom is -0.379 e. The van der Waals surface area contributed by atoms with Gasteiger partial charge in [0.25, 0.3) is 0 Å². The molecule has 0 aromatic heterocycles. The van der Waals surface area contributed by atoms with Gasteiger partial charge >= 0.3 is 0 Å². The van der Waals surface area contributed by atoms with Gasteiger partial charge in [0, 0.05) is 34.3 Å². The number of halogens is 1. The van der Waals surface area contributed by atoms with Crippen molar-refractivity contribution in [1.82, 2.24) is 10.2 Å². The Bertz CT molecular complexity index is 287. The fourth-order valence-electron chi connectivity index (χ4n) is 1.89. The fourth-order valence-corrected chi connectivity index (χ4v) is 1.89. The normalized spacial score (nSPS) is 13.4. The Hall–Kier alpha value is -0.300. The molecule has 5 heteroatoms. The van der Waals surface area contributed by atoms with E-state index in [9.17, 15) is 0 Å². The predicted molar refractivity (Wildman–Crippen MR) is 99.1 cm³/mol. The molecule has 0 rings (SSSR count). The molecule has 0 aromatic rings. The van der Waals surface area contributed by atoms with E-state index in [0.717, 1.165) is 31.9 Å². The maximum Gasteiger partial charge on any atom is 0.193 e. The fraction of sp³-hybridized carbons (Fsp3) is 0.800. The zero-order valence-corrected chi connectivity index (χ0v) is 16.2. The van der Waals surface area contributed by atoms with E-state index in [1.807, 2.05) is 13.1 Å². The molecule has 0 spiro atoms. The van der Waals surface area contributed by atoms with Gasteiger partial charge in [-0.3, -0.25) is 4.99 Å². The van der Waals surface area contributed by atoms with Crippen LogP contribution in [0, 0.1) is 5.41 Å². The van der Waals surface area contributed by atoms with Gasteiger partial charge in [-0.15, -0.1) is 30.6 Å². The van der Waals surface area contributed by atoms with Crippen LogP contribution in [0.2, 0.25) is 0 Å². The topological polar surface area (TPSA) is 36.9 Å². The van der Waals surface area contributed by atoms with E-state index in [4.69, 9.17) is 4.74 Å². The average Bonchev–Trinajstić information content (AvgIpc) is 2.33. The number of nitrogens with one attached hydrogen (secondary N) is 1. The van der Waals surface area contributed by atoms with Crippen molar-refractivity contribution in [2.75, 3.05) is 34.3 Å². The van der Waals surface area contributed by atoms with Crippen molar-refractivity contribution in [3.63, 3.8) is 0 Å². The van der Waals surface area contributed by atoms with Crippen molar-refractivity contribution < 1.29 is 4.74 Å². The monoisotopic (exact) mass is 397 g/mol. The molecule has 0 aromatic carbocycles. The Morgan fingerprint density at radius 1 is 1.45 bits per heavy atom. The lowest BCUT2D eigenvalue weighted by atomic mass is 9.89. The summed E-state index contributed by atoms with van der Waals surface area (Å²) >= 11 is 0. The molecular weight excluding hydrogens is 365 g/mol. The molecule has 0 aliphatic rings. The van der Waals surface area contributed by atoms with Crippen LogP contribution in [0.5, 0.6) is 0 Å². The van der Waals surface area contributed by atoms with Crippen molar-refractivity contribution in [2.45, 2.75) is 39.7 Å². The first-order chi connectivity index (χ1) is 8.86. The Morgan fingerprint density at radius 2 is 2.05 bits per heavy atom. The van der Waals surface area contributed by atoms with E-state index < -0.39 is 0 Å². The Labute approximate surface area is 142 Å². The Morgan fingerprint density at radius 3 is 2.45 bits per heavy atom. The second-order valence-corrected chi connectivity index (χ2v) is 5.87. The van der Waals surface area contributed by atoms with Crippen LogP contribution in [0.3, 0.4) is 0 Å². The minimum atomic E-state index is 0. The zero-order valence-electron chi connectivity index (χ0n) is 13.9. The number of nitrogens with zero attached hydrogens (tertiary/aromatic N) is 2. The number of guanidine groups is 1. The average molecular weight is 397 g/mol. The molecule has 0 heterocycles. The lowest BCUT2D eigenvalue weighted by Gasteiger charge is -2.31. The van der Waals surface area contributed by atoms with Gasteiger partial charge in [0.1, 0.15) is 0 Å². The number of unbranched alkanes of at least 4 members (excludes halogenated alkanes) is 1. The van der Waals surface area contributed by atoms with Crippen molar-refractivity contribution in [3.8, 4) is 0 Å². The van der Waals surface area contributed by atoms with Gasteiger partial charge in [-0.05, 0) is 18.3 Å². The van der Waals surface area contributed by atoms with Crippen molar-refractivity contribution in [3.05, 3.63) is 12.7 Å². The molecule has 0 aliphatic heterocycles. The number of allylic oxidation sites excluding steroid dienone is 1. The van der Waals surface area contributed by atoms with Gasteiger partial charge in [0.15, 0.2) is 5.96 Å². The summed E-state index contributed by atoms with van der Waals surface area (Å²) in [5, 5.41) is 3.38. The summed E-state index contributed by atoms with van der Waals surface area (Å²) in [6.45, 7) is 12.0. The third kappa shape index (κ3) is 8.79. The highest BCUT2D eigenvalue weighted by Crippen LogP contribution is 2.20. The predicted octanol–water partition coefficient (Wildman–Crippen LogP) is 3.14. The number of rotatable bonds is 7. The molecule has 1 unspecified atom stereocenters. The molecule has 1 N–H and O–H groups in total. The lowest BCUT2D eigenvalue weighted by molar-refractivity contribution is 0.0202. The zero-order chi connectivity index (χ0) is 14.9. The molecule has 0 amide bonds. The molecule has 0 fully saturated rings. The first-order valence-corrected chi connectivity index (χ1v) is 6.92. The van der Waals surface area contributed by atoms with E-state index in [0.29, 0.717) is 0 Å². The molecular formula is C15H32IN3O. The molecule has 120 valence electrons. The Balaban J connectivity index is 0. The van der Waals surface area contributed by atoms with E-state index in [2.05, 4.69) is 49.6 Å². The minimum absolute atomic E-state index is 0. The van der Waals surface area contributed by atoms with Gasteiger partial charge in [0.2, 0.25) is 0 Å². The first kappa shape index (κ1) is 22.0. The van der Waals surface area contributed by atoms with Crippen molar-refractivity contribution in [2.24, 2.45) is 10.4 Å². The molecule has 20 heavy (non-hydrogen) atoms. The van der Waals surface area contributed by atoms with Crippen LogP contribution in [0.25, 0.3) is 0 Å². The molecule has 0 aliphatic carbocycles. The molecule has 0 bridgehead atoms. The van der Waals surface area contributed by atoms with E-state index in [-0.39, 0.29) is 35.5 Å². The van der Waals surface area contributed by atoms with Crippen molar-refractivity contribution >= 4 is 29.9 Å². The number of ether oxygens (including phenoxy) is 1. The molecule has 4 nitrogen and oxygen atoms in total. The maximum absolute atomic E-state index is 5.54. The smallest absolute Gasteiger partial charge is 0.193 e. The largest absolute Gasteiger partial charge is 0.379 e. The van der Waals surface area contributed by atoms with Gasteiger partial charge in [-0.2, -0.15) is 0 Å². The second kappa shape index (κ2) is 11.4. The number of hydrogen-bond acceptors (Lipinski definition) is 2. The standard InChI is InChI=1S/C15H31N3O.HI/c1-8-9-10-11-18(6)14(16-5)17-12-13(19-7)15(2,3)4;/h8,13H,1,9-12H2,2-7H3,(H,16,17);1H. The number of methoxy groups -OCH3 is 1. The third-order valence-corrected chi connectivity index (χ3v) is 3.17. The van der Waals surface area contributed by atoms with Crippen LogP contribution < -0.4 is 5.32 Å². The molecule has 1 atom stereocenters. The highest BCUT2D eigenvalue weighted by atomic mass is 127. The van der Waals surface area contributed by atoms with Crippen molar-refractivity contribution in [1.29, 1.82) is 0 Å². The summed E-state index contributed by atoms with van der Waals surface area (Å²) < 4.78 is 5.54. The van der Waals surface area contributed by atoms with Crippen LogP contribution in [-0.2, 0) is 4.74 Å². The van der Waals surface area contributed by atoms with E-state index in [1.165, 1.54) is 0 Å². The summed E-state index contributed by atoms with van der Waals surface area (Å²) in [6.07, 6.45) is 4.23. The Kier molecular flexibility index (Phi) is 12.5. The van der Waals surface area contributed by atoms with Gasteiger partial charge in [-0.25, -0.2) is 0 Å². The van der Waals surface area contributed by atoms with Gasteiger partial charge in [0.05, 0.1) is 6.10 Å². The van der Waals surface area contributed by atoms with Crippen LogP contribution >= 0.6 is 24.0 Å². The molecule has 0 saturated heterocycles. The summed E-state index contributed by atoms with van der Waals surface area (Å²) in [5.41, 5.74) is 0.113. The summed E-state index contributed by atoms with van der Waals surface area (Å²) in [6, 6.07) is 0. The van der Waals surface area contributed by atoms with Gasteiger partial charge in [-0.1, -0.05) is 26.8 Å². The second-order valence-electron chi connectivity index (χ2n) is 5.87. The van der Waals surface area contributed by atoms with Crippen LogP contribution in [0.4, 0.5) is 0 Å². The number of aliphatic imine (C=N–C) groups is 1. The summed E-state index contributed by atoms with van der Waals surface area (Å²) in [5.74, 6) is 0.912. The van der Waals surface area contributed by atoms with E-state index in [1.54, 1.807) is 7.11 Å². The van der Waals surface area contributed by atoms with Gasteiger partial charge < -0.3 is 15.0 Å².